The summed E-state index contributed by atoms with van der Waals surface area (Å²) in [6.07, 6.45) is 13.9. The molecule has 2 aliphatic rings. The molecule has 0 fully saturated rings. The number of ether oxygens (including phenoxy) is 1. The average molecular weight is 475 g/mol. The minimum atomic E-state index is -0.0145. The molecule has 8 heteroatoms. The highest BCUT2D eigenvalue weighted by atomic mass is 32.1. The second kappa shape index (κ2) is 12.5. The van der Waals surface area contributed by atoms with E-state index in [-0.39, 0.29) is 6.23 Å². The number of anilines is 1. The molecule has 1 aliphatic carbocycles. The van der Waals surface area contributed by atoms with E-state index in [1.54, 1.807) is 11.3 Å². The molecule has 0 saturated carbocycles. The quantitative estimate of drug-likeness (QED) is 0.358. The maximum atomic E-state index is 5.90. The van der Waals surface area contributed by atoms with Gasteiger partial charge in [-0.1, -0.05) is 50.5 Å². The molecule has 0 bridgehead atoms. The third-order valence-electron chi connectivity index (χ3n) is 6.68. The van der Waals surface area contributed by atoms with Crippen LogP contribution in [0.5, 0.6) is 0 Å². The standard InChI is InChI=1S/C25H42N6OS/c1-7-9-10-11-16-29(4)22(8-2)15-17-30(5)25-27-26-24(33-25)21-14-12-13-20(18-21)23-28-31(6)19(3)32-23/h14,18-19,22H,7-13,15-17H2,1-6H3. The molecule has 1 aliphatic heterocycles. The normalized spacial score (nSPS) is 19.3. The molecule has 33 heavy (non-hydrogen) atoms. The lowest BCUT2D eigenvalue weighted by molar-refractivity contribution is 0.0957. The van der Waals surface area contributed by atoms with Gasteiger partial charge in [0, 0.05) is 37.8 Å². The summed E-state index contributed by atoms with van der Waals surface area (Å²) in [7, 11) is 6.35. The lowest BCUT2D eigenvalue weighted by atomic mass is 9.99. The van der Waals surface area contributed by atoms with Gasteiger partial charge in [0.1, 0.15) is 5.01 Å². The van der Waals surface area contributed by atoms with Crippen LogP contribution in [0.3, 0.4) is 0 Å². The Morgan fingerprint density at radius 2 is 2.00 bits per heavy atom. The molecule has 2 heterocycles. The molecule has 184 valence electrons. The van der Waals surface area contributed by atoms with Crippen molar-refractivity contribution in [1.82, 2.24) is 20.1 Å². The van der Waals surface area contributed by atoms with E-state index in [2.05, 4.69) is 65.2 Å². The fraction of sp³-hybridized carbons (Fsp3) is 0.720. The number of hydrazone groups is 1. The van der Waals surface area contributed by atoms with Crippen molar-refractivity contribution in [2.75, 3.05) is 39.1 Å². The zero-order valence-corrected chi connectivity index (χ0v) is 22.2. The van der Waals surface area contributed by atoms with Crippen molar-refractivity contribution in [2.45, 2.75) is 84.4 Å². The minimum absolute atomic E-state index is 0.0145. The Bertz CT molecular complexity index is 848. The largest absolute Gasteiger partial charge is 0.451 e. The van der Waals surface area contributed by atoms with Gasteiger partial charge in [0.05, 0.1) is 0 Å². The van der Waals surface area contributed by atoms with Crippen LogP contribution in [0.25, 0.3) is 5.57 Å². The van der Waals surface area contributed by atoms with Crippen molar-refractivity contribution in [3.63, 3.8) is 0 Å². The number of aromatic nitrogens is 2. The van der Waals surface area contributed by atoms with E-state index in [1.165, 1.54) is 38.6 Å². The van der Waals surface area contributed by atoms with Gasteiger partial charge in [0.25, 0.3) is 0 Å². The molecule has 0 N–H and O–H groups in total. The summed E-state index contributed by atoms with van der Waals surface area (Å²) < 4.78 is 5.90. The van der Waals surface area contributed by atoms with Crippen molar-refractivity contribution in [1.29, 1.82) is 0 Å². The number of hydrogen-bond donors (Lipinski definition) is 0. The van der Waals surface area contributed by atoms with Crippen molar-refractivity contribution >= 4 is 27.9 Å². The lowest BCUT2D eigenvalue weighted by Crippen LogP contribution is -2.35. The first kappa shape index (κ1) is 25.7. The van der Waals surface area contributed by atoms with E-state index in [9.17, 15) is 0 Å². The van der Waals surface area contributed by atoms with E-state index < -0.39 is 0 Å². The summed E-state index contributed by atoms with van der Waals surface area (Å²) in [6, 6.07) is 0.612. The summed E-state index contributed by atoms with van der Waals surface area (Å²) in [6.45, 7) is 8.76. The maximum Gasteiger partial charge on any atom is 0.236 e. The van der Waals surface area contributed by atoms with E-state index in [4.69, 9.17) is 4.74 Å². The van der Waals surface area contributed by atoms with Gasteiger partial charge in [0.15, 0.2) is 6.23 Å². The summed E-state index contributed by atoms with van der Waals surface area (Å²) in [5, 5.41) is 17.3. The van der Waals surface area contributed by atoms with Crippen LogP contribution < -0.4 is 4.90 Å². The average Bonchev–Trinajstić information content (AvgIpc) is 3.44. The molecule has 0 amide bonds. The molecule has 0 radical (unpaired) electrons. The Balaban J connectivity index is 1.55. The predicted octanol–water partition coefficient (Wildman–Crippen LogP) is 5.38. The monoisotopic (exact) mass is 474 g/mol. The zero-order chi connectivity index (χ0) is 23.8. The molecule has 0 spiro atoms. The maximum absolute atomic E-state index is 5.90. The van der Waals surface area contributed by atoms with Crippen molar-refractivity contribution < 1.29 is 4.74 Å². The van der Waals surface area contributed by atoms with E-state index in [1.807, 2.05) is 19.0 Å². The van der Waals surface area contributed by atoms with Crippen LogP contribution in [0.1, 0.15) is 77.1 Å². The summed E-state index contributed by atoms with van der Waals surface area (Å²) in [5.74, 6) is 0.738. The highest BCUT2D eigenvalue weighted by molar-refractivity contribution is 7.16. The highest BCUT2D eigenvalue weighted by Gasteiger charge is 2.25. The van der Waals surface area contributed by atoms with Gasteiger partial charge in [-0.05, 0) is 58.7 Å². The molecule has 0 aromatic carbocycles. The van der Waals surface area contributed by atoms with Crippen LogP contribution in [-0.4, -0.2) is 72.5 Å². The fourth-order valence-corrected chi connectivity index (χ4v) is 5.12. The van der Waals surface area contributed by atoms with Gasteiger partial charge in [-0.3, -0.25) is 5.01 Å². The van der Waals surface area contributed by atoms with Crippen molar-refractivity contribution in [3.8, 4) is 0 Å². The first-order valence-electron chi connectivity index (χ1n) is 12.6. The van der Waals surface area contributed by atoms with E-state index in [0.717, 1.165) is 53.0 Å². The predicted molar refractivity (Wildman–Crippen MR) is 140 cm³/mol. The smallest absolute Gasteiger partial charge is 0.236 e. The van der Waals surface area contributed by atoms with Crippen LogP contribution in [0.2, 0.25) is 0 Å². The number of unbranched alkanes of at least 4 members (excludes halogenated alkanes) is 3. The number of allylic oxidation sites excluding steroid dienone is 3. The van der Waals surface area contributed by atoms with E-state index in [0.29, 0.717) is 6.04 Å². The molecule has 3 rings (SSSR count). The van der Waals surface area contributed by atoms with Gasteiger partial charge < -0.3 is 14.5 Å². The Morgan fingerprint density at radius 3 is 2.70 bits per heavy atom. The summed E-state index contributed by atoms with van der Waals surface area (Å²) in [5.41, 5.74) is 2.27. The third kappa shape index (κ3) is 7.03. The van der Waals surface area contributed by atoms with Crippen LogP contribution >= 0.6 is 11.3 Å². The highest BCUT2D eigenvalue weighted by Crippen LogP contribution is 2.32. The van der Waals surface area contributed by atoms with Crippen LogP contribution in [0.4, 0.5) is 5.13 Å². The first-order valence-corrected chi connectivity index (χ1v) is 13.4. The van der Waals surface area contributed by atoms with Gasteiger partial charge >= 0.3 is 0 Å². The minimum Gasteiger partial charge on any atom is -0.451 e. The third-order valence-corrected chi connectivity index (χ3v) is 7.77. The zero-order valence-electron chi connectivity index (χ0n) is 21.4. The molecule has 7 nitrogen and oxygen atoms in total. The van der Waals surface area contributed by atoms with Crippen LogP contribution in [0, 0.1) is 0 Å². The molecule has 0 saturated heterocycles. The first-order chi connectivity index (χ1) is 15.9. The molecule has 2 atom stereocenters. The number of nitrogens with zero attached hydrogens (tertiary/aromatic N) is 6. The summed E-state index contributed by atoms with van der Waals surface area (Å²) in [4.78, 5) is 4.80. The SMILES string of the molecule is CCCCCCN(C)C(CC)CCN(C)c1nnc(C2=CCCC(C3=NN(C)C(C)O3)=C2)s1. The Morgan fingerprint density at radius 1 is 1.18 bits per heavy atom. The van der Waals surface area contributed by atoms with Crippen molar-refractivity contribution in [3.05, 3.63) is 22.7 Å². The number of hydrogen-bond acceptors (Lipinski definition) is 8. The van der Waals surface area contributed by atoms with Crippen molar-refractivity contribution in [2.24, 2.45) is 5.10 Å². The Hall–Kier alpha value is -1.93. The van der Waals surface area contributed by atoms with Gasteiger partial charge in [-0.25, -0.2) is 0 Å². The Labute approximate surface area is 204 Å². The molecular formula is C25H42N6OS. The van der Waals surface area contributed by atoms with Crippen LogP contribution in [0.15, 0.2) is 22.8 Å². The molecular weight excluding hydrogens is 432 g/mol. The van der Waals surface area contributed by atoms with Gasteiger partial charge in [0.2, 0.25) is 11.0 Å². The molecule has 1 aromatic rings. The van der Waals surface area contributed by atoms with Gasteiger partial charge in [-0.15, -0.1) is 15.3 Å². The molecule has 2 unspecified atom stereocenters. The van der Waals surface area contributed by atoms with Gasteiger partial charge in [-0.2, -0.15) is 0 Å². The fourth-order valence-electron chi connectivity index (χ4n) is 4.28. The second-order valence-electron chi connectivity index (χ2n) is 9.27. The Kier molecular flexibility index (Phi) is 9.74. The van der Waals surface area contributed by atoms with E-state index >= 15 is 0 Å². The second-order valence-corrected chi connectivity index (χ2v) is 10.2. The number of rotatable bonds is 13. The lowest BCUT2D eigenvalue weighted by Gasteiger charge is -2.28. The van der Waals surface area contributed by atoms with Crippen LogP contribution in [-0.2, 0) is 4.74 Å². The topological polar surface area (TPSA) is 57.1 Å². The molecule has 1 aromatic heterocycles. The summed E-state index contributed by atoms with van der Waals surface area (Å²) >= 11 is 1.67.